The smallest absolute Gasteiger partial charge is 0.228 e. The maximum atomic E-state index is 12.3. The number of benzene rings is 2. The van der Waals surface area contributed by atoms with E-state index >= 15 is 0 Å². The van der Waals surface area contributed by atoms with Crippen molar-refractivity contribution in [2.45, 2.75) is 6.42 Å². The molecule has 0 heterocycles. The molecule has 0 radical (unpaired) electrons. The number of ketones is 2. The normalized spacial score (nSPS) is 13.6. The van der Waals surface area contributed by atoms with Gasteiger partial charge in [-0.3, -0.25) is 9.59 Å². The molecule has 0 aromatic heterocycles. The van der Waals surface area contributed by atoms with Crippen LogP contribution < -0.4 is 0 Å². The number of ether oxygens (including phenoxy) is 1. The largest absolute Gasteiger partial charge is 0.489 e. The second-order valence-electron chi connectivity index (χ2n) is 4.83. The third kappa shape index (κ3) is 2.77. The fourth-order valence-corrected chi connectivity index (χ4v) is 2.32. The van der Waals surface area contributed by atoms with Gasteiger partial charge in [-0.15, -0.1) is 0 Å². The minimum atomic E-state index is -0.224. The number of carbonyl (C=O) groups excluding carboxylic acids is 2. The molecular formula is C18H14O3. The Labute approximate surface area is 122 Å². The van der Waals surface area contributed by atoms with E-state index in [4.69, 9.17) is 4.74 Å². The summed E-state index contributed by atoms with van der Waals surface area (Å²) in [5, 5.41) is 0. The maximum absolute atomic E-state index is 12.3. The van der Waals surface area contributed by atoms with Crippen LogP contribution in [0.15, 0.2) is 66.4 Å². The van der Waals surface area contributed by atoms with Gasteiger partial charge in [-0.2, -0.15) is 0 Å². The summed E-state index contributed by atoms with van der Waals surface area (Å²) in [6, 6.07) is 16.7. The van der Waals surface area contributed by atoms with Crippen molar-refractivity contribution in [3.8, 4) is 0 Å². The molecule has 3 heteroatoms. The summed E-state index contributed by atoms with van der Waals surface area (Å²) in [4.78, 5) is 24.2. The standard InChI is InChI=1S/C18H14O3/c19-16-12-17(18(20)15-9-5-4-8-14(15)16)21-11-10-13-6-2-1-3-7-13/h1-9,12H,10-11H2. The van der Waals surface area contributed by atoms with Crippen LogP contribution in [0, 0.1) is 0 Å². The Bertz CT molecular complexity index is 714. The van der Waals surface area contributed by atoms with Crippen molar-refractivity contribution >= 4 is 11.6 Å². The molecule has 3 nitrogen and oxygen atoms in total. The van der Waals surface area contributed by atoms with E-state index in [-0.39, 0.29) is 17.3 Å². The van der Waals surface area contributed by atoms with Crippen molar-refractivity contribution in [2.75, 3.05) is 6.61 Å². The lowest BCUT2D eigenvalue weighted by atomic mass is 9.94. The van der Waals surface area contributed by atoms with Crippen LogP contribution in [0.1, 0.15) is 26.3 Å². The average molecular weight is 278 g/mol. The average Bonchev–Trinajstić information content (AvgIpc) is 2.53. The Morgan fingerprint density at radius 1 is 0.810 bits per heavy atom. The summed E-state index contributed by atoms with van der Waals surface area (Å²) in [6.45, 7) is 0.372. The van der Waals surface area contributed by atoms with Crippen LogP contribution in [0.5, 0.6) is 0 Å². The number of hydrogen-bond acceptors (Lipinski definition) is 3. The van der Waals surface area contributed by atoms with Crippen molar-refractivity contribution in [1.29, 1.82) is 0 Å². The Morgan fingerprint density at radius 3 is 2.24 bits per heavy atom. The summed E-state index contributed by atoms with van der Waals surface area (Å²) >= 11 is 0. The van der Waals surface area contributed by atoms with E-state index in [0.717, 1.165) is 5.56 Å². The Balaban J connectivity index is 1.70. The number of fused-ring (bicyclic) bond motifs is 1. The zero-order chi connectivity index (χ0) is 14.7. The van der Waals surface area contributed by atoms with E-state index in [2.05, 4.69) is 0 Å². The van der Waals surface area contributed by atoms with E-state index in [9.17, 15) is 9.59 Å². The summed E-state index contributed by atoms with van der Waals surface area (Å²) in [6.07, 6.45) is 1.98. The van der Waals surface area contributed by atoms with Gasteiger partial charge in [0.2, 0.25) is 5.78 Å². The van der Waals surface area contributed by atoms with Crippen molar-refractivity contribution in [3.05, 3.63) is 83.1 Å². The van der Waals surface area contributed by atoms with Gasteiger partial charge in [0.25, 0.3) is 0 Å². The highest BCUT2D eigenvalue weighted by Gasteiger charge is 2.26. The van der Waals surface area contributed by atoms with Gasteiger partial charge in [-0.25, -0.2) is 0 Å². The molecule has 0 N–H and O–H groups in total. The van der Waals surface area contributed by atoms with Gasteiger partial charge < -0.3 is 4.74 Å². The highest BCUT2D eigenvalue weighted by molar-refractivity contribution is 6.23. The van der Waals surface area contributed by atoms with E-state index < -0.39 is 0 Å². The SMILES string of the molecule is O=C1C=C(OCCc2ccccc2)C(=O)c2ccccc21. The van der Waals surface area contributed by atoms with Crippen LogP contribution in [0.4, 0.5) is 0 Å². The molecule has 0 saturated carbocycles. The van der Waals surface area contributed by atoms with Crippen LogP contribution in [0.25, 0.3) is 0 Å². The zero-order valence-electron chi connectivity index (χ0n) is 11.4. The molecule has 0 unspecified atom stereocenters. The van der Waals surface area contributed by atoms with Gasteiger partial charge in [-0.05, 0) is 5.56 Å². The van der Waals surface area contributed by atoms with Crippen LogP contribution in [0.2, 0.25) is 0 Å². The van der Waals surface area contributed by atoms with Crippen molar-refractivity contribution in [3.63, 3.8) is 0 Å². The Morgan fingerprint density at radius 2 is 1.48 bits per heavy atom. The van der Waals surface area contributed by atoms with Crippen molar-refractivity contribution in [2.24, 2.45) is 0 Å². The van der Waals surface area contributed by atoms with Crippen LogP contribution in [-0.2, 0) is 11.2 Å². The molecule has 104 valence electrons. The maximum Gasteiger partial charge on any atom is 0.228 e. The Hall–Kier alpha value is -2.68. The fourth-order valence-electron chi connectivity index (χ4n) is 2.32. The molecule has 0 fully saturated rings. The molecule has 0 saturated heterocycles. The van der Waals surface area contributed by atoms with E-state index in [1.165, 1.54) is 6.08 Å². The summed E-state index contributed by atoms with van der Waals surface area (Å²) in [5.74, 6) is -0.271. The quantitative estimate of drug-likeness (QED) is 0.862. The molecule has 0 atom stereocenters. The predicted octanol–water partition coefficient (Wildman–Crippen LogP) is 3.21. The third-order valence-electron chi connectivity index (χ3n) is 3.41. The highest BCUT2D eigenvalue weighted by atomic mass is 16.5. The van der Waals surface area contributed by atoms with Crippen LogP contribution >= 0.6 is 0 Å². The van der Waals surface area contributed by atoms with E-state index in [0.29, 0.717) is 24.2 Å². The first-order valence-electron chi connectivity index (χ1n) is 6.82. The van der Waals surface area contributed by atoms with Crippen molar-refractivity contribution in [1.82, 2.24) is 0 Å². The number of Topliss-reactive ketones (excluding diaryl/α,β-unsaturated/α-hetero) is 1. The summed E-state index contributed by atoms with van der Waals surface area (Å²) in [5.41, 5.74) is 1.99. The highest BCUT2D eigenvalue weighted by Crippen LogP contribution is 2.21. The lowest BCUT2D eigenvalue weighted by Crippen LogP contribution is -2.19. The fraction of sp³-hybridized carbons (Fsp3) is 0.111. The number of hydrogen-bond donors (Lipinski definition) is 0. The minimum absolute atomic E-state index is 0.134. The third-order valence-corrected chi connectivity index (χ3v) is 3.41. The summed E-state index contributed by atoms with van der Waals surface area (Å²) < 4.78 is 5.52. The van der Waals surface area contributed by atoms with Gasteiger partial charge in [-0.1, -0.05) is 54.6 Å². The molecule has 0 spiro atoms. The van der Waals surface area contributed by atoms with Gasteiger partial charge in [0.1, 0.15) is 0 Å². The Kier molecular flexibility index (Phi) is 3.65. The van der Waals surface area contributed by atoms with E-state index in [1.54, 1.807) is 24.3 Å². The van der Waals surface area contributed by atoms with Gasteiger partial charge in [0.15, 0.2) is 11.5 Å². The van der Waals surface area contributed by atoms with Gasteiger partial charge in [0, 0.05) is 23.6 Å². The molecule has 3 rings (SSSR count). The molecule has 0 aliphatic heterocycles. The number of carbonyl (C=O) groups is 2. The molecule has 2 aromatic carbocycles. The van der Waals surface area contributed by atoms with Crippen LogP contribution in [-0.4, -0.2) is 18.2 Å². The van der Waals surface area contributed by atoms with Crippen molar-refractivity contribution < 1.29 is 14.3 Å². The topological polar surface area (TPSA) is 43.4 Å². The first-order chi connectivity index (χ1) is 10.3. The monoisotopic (exact) mass is 278 g/mol. The van der Waals surface area contributed by atoms with Gasteiger partial charge in [0.05, 0.1) is 6.61 Å². The molecule has 1 aliphatic rings. The first kappa shape index (κ1) is 13.3. The van der Waals surface area contributed by atoms with E-state index in [1.807, 2.05) is 30.3 Å². The molecule has 21 heavy (non-hydrogen) atoms. The lowest BCUT2D eigenvalue weighted by molar-refractivity contribution is 0.0885. The summed E-state index contributed by atoms with van der Waals surface area (Å²) in [7, 11) is 0. The second-order valence-corrected chi connectivity index (χ2v) is 4.83. The zero-order valence-corrected chi connectivity index (χ0v) is 11.4. The molecule has 0 bridgehead atoms. The minimum Gasteiger partial charge on any atom is -0.489 e. The van der Waals surface area contributed by atoms with Crippen LogP contribution in [0.3, 0.4) is 0 Å². The first-order valence-corrected chi connectivity index (χ1v) is 6.82. The van der Waals surface area contributed by atoms with Gasteiger partial charge >= 0.3 is 0 Å². The second kappa shape index (κ2) is 5.75. The molecule has 0 amide bonds. The molecule has 2 aromatic rings. The lowest BCUT2D eigenvalue weighted by Gasteiger charge is -2.15. The number of allylic oxidation sites excluding steroid dienone is 2. The predicted molar refractivity (Wildman–Crippen MR) is 79.3 cm³/mol. The number of rotatable bonds is 4. The molecular weight excluding hydrogens is 264 g/mol. The molecule has 1 aliphatic carbocycles.